The highest BCUT2D eigenvalue weighted by molar-refractivity contribution is 6.15. The molecule has 0 aromatic rings. The Labute approximate surface area is 85.3 Å². The second kappa shape index (κ2) is 11.5. The zero-order chi connectivity index (χ0) is 10.7. The van der Waals surface area contributed by atoms with Crippen molar-refractivity contribution in [2.45, 2.75) is 6.42 Å². The van der Waals surface area contributed by atoms with Crippen LogP contribution in [0.25, 0.3) is 0 Å². The third-order valence-corrected chi connectivity index (χ3v) is 1.16. The van der Waals surface area contributed by atoms with E-state index in [-0.39, 0.29) is 5.97 Å². The molecule has 3 nitrogen and oxygen atoms in total. The van der Waals surface area contributed by atoms with E-state index < -0.39 is 0 Å². The minimum Gasteiger partial charge on any atom is -0.462 e. The van der Waals surface area contributed by atoms with Crippen molar-refractivity contribution in [2.75, 3.05) is 33.6 Å². The summed E-state index contributed by atoms with van der Waals surface area (Å²) in [5.74, 6) is -0.344. The Bertz CT molecular complexity index is 138. The number of ether oxygens (including phenoxy) is 1. The maximum atomic E-state index is 10.5. The van der Waals surface area contributed by atoms with Gasteiger partial charge in [0.15, 0.2) is 0 Å². The highest BCUT2D eigenvalue weighted by atomic mass is 35.5. The van der Waals surface area contributed by atoms with Crippen LogP contribution in [-0.2, 0) is 9.53 Å². The van der Waals surface area contributed by atoms with Crippen molar-refractivity contribution in [1.29, 1.82) is 0 Å². The summed E-state index contributed by atoms with van der Waals surface area (Å²) in [5, 5.41) is 0. The van der Waals surface area contributed by atoms with Gasteiger partial charge in [-0.1, -0.05) is 6.58 Å². The van der Waals surface area contributed by atoms with E-state index in [2.05, 4.69) is 18.2 Å². The average molecular weight is 208 g/mol. The molecule has 0 fully saturated rings. The molecule has 0 aliphatic carbocycles. The van der Waals surface area contributed by atoms with E-state index in [1.165, 1.54) is 12.5 Å². The fraction of sp³-hybridized carbons (Fsp3) is 0.667. The van der Waals surface area contributed by atoms with Crippen LogP contribution in [0, 0.1) is 0 Å². The van der Waals surface area contributed by atoms with Crippen LogP contribution >= 0.6 is 11.6 Å². The fourth-order valence-corrected chi connectivity index (χ4v) is 0.612. The predicted molar refractivity (Wildman–Crippen MR) is 56.1 cm³/mol. The zero-order valence-electron chi connectivity index (χ0n) is 8.55. The van der Waals surface area contributed by atoms with Gasteiger partial charge in [0.2, 0.25) is 0 Å². The van der Waals surface area contributed by atoms with Gasteiger partial charge >= 0.3 is 5.97 Å². The first kappa shape index (κ1) is 15.0. The third kappa shape index (κ3) is 14.3. The summed E-state index contributed by atoms with van der Waals surface area (Å²) < 4.78 is 4.76. The van der Waals surface area contributed by atoms with Crippen molar-refractivity contribution in [3.63, 3.8) is 0 Å². The van der Waals surface area contributed by atoms with Crippen molar-refractivity contribution in [1.82, 2.24) is 4.90 Å². The number of carbonyl (C=O) groups is 1. The first-order chi connectivity index (χ1) is 6.16. The SMILES string of the molecule is C=CC(=O)OCCCN(C)C.CCl. The second-order valence-corrected chi connectivity index (χ2v) is 2.53. The Kier molecular flexibility index (Phi) is 13.2. The van der Waals surface area contributed by atoms with Crippen LogP contribution in [0.1, 0.15) is 6.42 Å². The number of hydrogen-bond acceptors (Lipinski definition) is 3. The lowest BCUT2D eigenvalue weighted by Crippen LogP contribution is -2.15. The van der Waals surface area contributed by atoms with Crippen LogP contribution in [0.5, 0.6) is 0 Å². The lowest BCUT2D eigenvalue weighted by atomic mass is 10.4. The molecule has 4 heteroatoms. The minimum atomic E-state index is -0.344. The molecule has 78 valence electrons. The Morgan fingerprint density at radius 1 is 1.54 bits per heavy atom. The molecule has 0 saturated carbocycles. The number of alkyl halides is 1. The Morgan fingerprint density at radius 3 is 2.46 bits per heavy atom. The Hall–Kier alpha value is -0.540. The maximum absolute atomic E-state index is 10.5. The summed E-state index contributed by atoms with van der Waals surface area (Å²) in [7, 11) is 3.96. The third-order valence-electron chi connectivity index (χ3n) is 1.16. The molecule has 0 bridgehead atoms. The first-order valence-corrected chi connectivity index (χ1v) is 4.74. The smallest absolute Gasteiger partial charge is 0.330 e. The molecule has 0 heterocycles. The molecule has 0 rings (SSSR count). The van der Waals surface area contributed by atoms with Gasteiger partial charge in [-0.05, 0) is 20.5 Å². The van der Waals surface area contributed by atoms with Gasteiger partial charge in [-0.3, -0.25) is 0 Å². The van der Waals surface area contributed by atoms with Gasteiger partial charge < -0.3 is 9.64 Å². The van der Waals surface area contributed by atoms with Gasteiger partial charge in [0.25, 0.3) is 0 Å². The quantitative estimate of drug-likeness (QED) is 0.296. The van der Waals surface area contributed by atoms with Crippen molar-refractivity contribution >= 4 is 17.6 Å². The van der Waals surface area contributed by atoms with Crippen LogP contribution in [0.15, 0.2) is 12.7 Å². The lowest BCUT2D eigenvalue weighted by Gasteiger charge is -2.08. The van der Waals surface area contributed by atoms with Crippen LogP contribution in [0.4, 0.5) is 0 Å². The average Bonchev–Trinajstić information content (AvgIpc) is 2.15. The summed E-state index contributed by atoms with van der Waals surface area (Å²) in [5.41, 5.74) is 0. The van der Waals surface area contributed by atoms with E-state index in [1.807, 2.05) is 19.0 Å². The molecule has 0 N–H and O–H groups in total. The molecule has 0 aromatic carbocycles. The number of nitrogens with zero attached hydrogens (tertiary/aromatic N) is 1. The monoisotopic (exact) mass is 207 g/mol. The molecule has 0 aliphatic rings. The summed E-state index contributed by atoms with van der Waals surface area (Å²) >= 11 is 4.64. The highest BCUT2D eigenvalue weighted by Crippen LogP contribution is 1.86. The van der Waals surface area contributed by atoms with E-state index in [1.54, 1.807) is 0 Å². The Morgan fingerprint density at radius 2 is 2.08 bits per heavy atom. The number of carbonyl (C=O) groups excluding carboxylic acids is 1. The molecule has 0 atom stereocenters. The van der Waals surface area contributed by atoms with Gasteiger partial charge in [0, 0.05) is 19.0 Å². The molecule has 0 spiro atoms. The normalized spacial score (nSPS) is 8.69. The topological polar surface area (TPSA) is 29.5 Å². The summed E-state index contributed by atoms with van der Waals surface area (Å²) in [4.78, 5) is 12.5. The fourth-order valence-electron chi connectivity index (χ4n) is 0.612. The van der Waals surface area contributed by atoms with Crippen molar-refractivity contribution in [2.24, 2.45) is 0 Å². The van der Waals surface area contributed by atoms with Crippen LogP contribution in [0.3, 0.4) is 0 Å². The van der Waals surface area contributed by atoms with Crippen molar-refractivity contribution in [3.8, 4) is 0 Å². The number of hydrogen-bond donors (Lipinski definition) is 0. The Balaban J connectivity index is 0. The molecule has 0 amide bonds. The molecular formula is C9H18ClNO2. The standard InChI is InChI=1S/C8H15NO2.CH3Cl/c1-4-8(10)11-7-5-6-9(2)3;1-2/h4H,1,5-7H2,2-3H3;1H3. The predicted octanol–water partition coefficient (Wildman–Crippen LogP) is 1.52. The van der Waals surface area contributed by atoms with E-state index in [0.717, 1.165) is 13.0 Å². The maximum Gasteiger partial charge on any atom is 0.330 e. The minimum absolute atomic E-state index is 0.344. The molecule has 13 heavy (non-hydrogen) atoms. The van der Waals surface area contributed by atoms with E-state index in [9.17, 15) is 4.79 Å². The second-order valence-electron chi connectivity index (χ2n) is 2.53. The lowest BCUT2D eigenvalue weighted by molar-refractivity contribution is -0.137. The summed E-state index contributed by atoms with van der Waals surface area (Å²) in [6.07, 6.45) is 3.52. The van der Waals surface area contributed by atoms with Gasteiger partial charge in [-0.15, -0.1) is 11.6 Å². The van der Waals surface area contributed by atoms with E-state index in [0.29, 0.717) is 6.61 Å². The van der Waals surface area contributed by atoms with Crippen LogP contribution in [0.2, 0.25) is 0 Å². The number of rotatable bonds is 5. The number of halogens is 1. The molecule has 0 saturated heterocycles. The van der Waals surface area contributed by atoms with E-state index >= 15 is 0 Å². The molecule has 0 aromatic heterocycles. The summed E-state index contributed by atoms with van der Waals surface area (Å²) in [6.45, 7) is 4.70. The molecule has 0 unspecified atom stereocenters. The van der Waals surface area contributed by atoms with Crippen LogP contribution < -0.4 is 0 Å². The first-order valence-electron chi connectivity index (χ1n) is 3.98. The van der Waals surface area contributed by atoms with Gasteiger partial charge in [0.1, 0.15) is 0 Å². The summed E-state index contributed by atoms with van der Waals surface area (Å²) in [6, 6.07) is 0. The van der Waals surface area contributed by atoms with Crippen molar-refractivity contribution in [3.05, 3.63) is 12.7 Å². The zero-order valence-corrected chi connectivity index (χ0v) is 9.30. The highest BCUT2D eigenvalue weighted by Gasteiger charge is 1.94. The molecule has 0 radical (unpaired) electrons. The van der Waals surface area contributed by atoms with Gasteiger partial charge in [-0.25, -0.2) is 4.79 Å². The largest absolute Gasteiger partial charge is 0.462 e. The van der Waals surface area contributed by atoms with Crippen molar-refractivity contribution < 1.29 is 9.53 Å². The van der Waals surface area contributed by atoms with Gasteiger partial charge in [0.05, 0.1) is 6.61 Å². The van der Waals surface area contributed by atoms with E-state index in [4.69, 9.17) is 4.74 Å². The number of esters is 1. The van der Waals surface area contributed by atoms with Crippen LogP contribution in [-0.4, -0.2) is 44.5 Å². The van der Waals surface area contributed by atoms with Gasteiger partial charge in [-0.2, -0.15) is 0 Å². The molecule has 0 aliphatic heterocycles. The molecular weight excluding hydrogens is 190 g/mol.